The molecule has 2 aromatic heterocycles. The highest BCUT2D eigenvalue weighted by Gasteiger charge is 2.21. The number of nitrogens with zero attached hydrogens (tertiary/aromatic N) is 4. The number of carbonyl (C=O) groups excluding carboxylic acids is 1. The number of rotatable bonds is 4. The van der Waals surface area contributed by atoms with E-state index in [0.29, 0.717) is 32.4 Å². The zero-order chi connectivity index (χ0) is 19.8. The van der Waals surface area contributed by atoms with Crippen molar-refractivity contribution in [1.29, 1.82) is 0 Å². The third-order valence-corrected chi connectivity index (χ3v) is 5.79. The molecule has 0 radical (unpaired) electrons. The van der Waals surface area contributed by atoms with Gasteiger partial charge in [0.1, 0.15) is 5.82 Å². The Morgan fingerprint density at radius 3 is 2.57 bits per heavy atom. The van der Waals surface area contributed by atoms with Gasteiger partial charge in [-0.25, -0.2) is 9.97 Å². The van der Waals surface area contributed by atoms with E-state index in [-0.39, 0.29) is 5.91 Å². The topological polar surface area (TPSA) is 72.2 Å². The van der Waals surface area contributed by atoms with E-state index in [4.69, 9.17) is 23.2 Å². The van der Waals surface area contributed by atoms with Gasteiger partial charge in [0.25, 0.3) is 0 Å². The maximum atomic E-state index is 12.7. The summed E-state index contributed by atoms with van der Waals surface area (Å²) in [6, 6.07) is 12.8. The molecule has 142 valence electrons. The van der Waals surface area contributed by atoms with E-state index in [0.717, 1.165) is 10.9 Å². The van der Waals surface area contributed by atoms with Crippen LogP contribution in [0.3, 0.4) is 0 Å². The third kappa shape index (κ3) is 3.53. The predicted octanol–water partition coefficient (Wildman–Crippen LogP) is 5.01. The zero-order valence-corrected chi connectivity index (χ0v) is 17.3. The number of amides is 1. The van der Waals surface area contributed by atoms with Gasteiger partial charge in [-0.15, -0.1) is 5.10 Å². The SMILES string of the molecule is Cc1nc2c3ccccc3nc(SC(C)C(=O)Nc3c(Cl)cccc3Cl)n2n1. The van der Waals surface area contributed by atoms with Gasteiger partial charge in [0.05, 0.1) is 26.5 Å². The number of para-hydroxylation sites is 2. The molecule has 1 unspecified atom stereocenters. The number of aromatic nitrogens is 4. The van der Waals surface area contributed by atoms with Gasteiger partial charge in [0, 0.05) is 5.39 Å². The van der Waals surface area contributed by atoms with Crippen molar-refractivity contribution in [2.45, 2.75) is 24.3 Å². The lowest BCUT2D eigenvalue weighted by molar-refractivity contribution is -0.115. The van der Waals surface area contributed by atoms with E-state index in [1.165, 1.54) is 11.8 Å². The first-order chi connectivity index (χ1) is 13.4. The second-order valence-corrected chi connectivity index (χ2v) is 8.27. The van der Waals surface area contributed by atoms with E-state index in [2.05, 4.69) is 20.4 Å². The molecule has 6 nitrogen and oxygen atoms in total. The van der Waals surface area contributed by atoms with Gasteiger partial charge in [0.15, 0.2) is 10.8 Å². The van der Waals surface area contributed by atoms with Gasteiger partial charge in [-0.1, -0.05) is 53.2 Å². The number of thioether (sulfide) groups is 1. The molecular formula is C19H15Cl2N5OS. The molecule has 0 aliphatic carbocycles. The van der Waals surface area contributed by atoms with Gasteiger partial charge in [-0.05, 0) is 38.1 Å². The Morgan fingerprint density at radius 1 is 1.11 bits per heavy atom. The molecule has 2 heterocycles. The highest BCUT2D eigenvalue weighted by atomic mass is 35.5. The first kappa shape index (κ1) is 19.0. The molecule has 1 atom stereocenters. The highest BCUT2D eigenvalue weighted by Crippen LogP contribution is 2.32. The van der Waals surface area contributed by atoms with E-state index >= 15 is 0 Å². The van der Waals surface area contributed by atoms with Crippen molar-refractivity contribution in [3.63, 3.8) is 0 Å². The number of anilines is 1. The first-order valence-corrected chi connectivity index (χ1v) is 10.1. The van der Waals surface area contributed by atoms with E-state index in [9.17, 15) is 4.79 Å². The molecule has 0 saturated heterocycles. The Balaban J connectivity index is 1.66. The van der Waals surface area contributed by atoms with Crippen molar-refractivity contribution >= 4 is 63.1 Å². The van der Waals surface area contributed by atoms with Gasteiger partial charge in [-0.3, -0.25) is 4.79 Å². The van der Waals surface area contributed by atoms with Gasteiger partial charge in [0.2, 0.25) is 5.91 Å². The summed E-state index contributed by atoms with van der Waals surface area (Å²) in [4.78, 5) is 21.9. The van der Waals surface area contributed by atoms with E-state index in [1.807, 2.05) is 31.2 Å². The molecule has 0 fully saturated rings. The summed E-state index contributed by atoms with van der Waals surface area (Å²) < 4.78 is 1.68. The minimum atomic E-state index is -0.464. The lowest BCUT2D eigenvalue weighted by atomic mass is 10.2. The van der Waals surface area contributed by atoms with Crippen LogP contribution in [-0.4, -0.2) is 30.7 Å². The van der Waals surface area contributed by atoms with Gasteiger partial charge in [-0.2, -0.15) is 4.52 Å². The monoisotopic (exact) mass is 431 g/mol. The average molecular weight is 432 g/mol. The molecule has 1 N–H and O–H groups in total. The summed E-state index contributed by atoms with van der Waals surface area (Å²) in [6.07, 6.45) is 0. The molecule has 1 amide bonds. The van der Waals surface area contributed by atoms with Crippen LogP contribution in [-0.2, 0) is 4.79 Å². The molecule has 0 aliphatic rings. The van der Waals surface area contributed by atoms with Crippen LogP contribution in [0.1, 0.15) is 12.7 Å². The van der Waals surface area contributed by atoms with Crippen LogP contribution in [0.25, 0.3) is 16.6 Å². The summed E-state index contributed by atoms with van der Waals surface area (Å²) >= 11 is 13.6. The zero-order valence-electron chi connectivity index (χ0n) is 15.0. The second-order valence-electron chi connectivity index (χ2n) is 6.15. The van der Waals surface area contributed by atoms with Crippen molar-refractivity contribution in [1.82, 2.24) is 19.6 Å². The average Bonchev–Trinajstić information content (AvgIpc) is 3.07. The number of carbonyl (C=O) groups is 1. The van der Waals surface area contributed by atoms with Crippen LogP contribution >= 0.6 is 35.0 Å². The number of halogens is 2. The van der Waals surface area contributed by atoms with Crippen LogP contribution < -0.4 is 5.32 Å². The number of hydrogen-bond donors (Lipinski definition) is 1. The molecule has 4 aromatic rings. The van der Waals surface area contributed by atoms with Crippen molar-refractivity contribution < 1.29 is 4.79 Å². The molecule has 0 saturated carbocycles. The van der Waals surface area contributed by atoms with Crippen LogP contribution in [0.15, 0.2) is 47.6 Å². The predicted molar refractivity (Wildman–Crippen MR) is 113 cm³/mol. The largest absolute Gasteiger partial charge is 0.323 e. The fourth-order valence-electron chi connectivity index (χ4n) is 2.76. The lowest BCUT2D eigenvalue weighted by Gasteiger charge is -2.14. The molecule has 0 spiro atoms. The van der Waals surface area contributed by atoms with Crippen molar-refractivity contribution in [3.05, 3.63) is 58.3 Å². The Hall–Kier alpha value is -2.35. The normalized spacial score (nSPS) is 12.4. The minimum absolute atomic E-state index is 0.236. The third-order valence-electron chi connectivity index (χ3n) is 4.12. The summed E-state index contributed by atoms with van der Waals surface area (Å²) in [5.41, 5.74) is 1.91. The molecule has 28 heavy (non-hydrogen) atoms. The van der Waals surface area contributed by atoms with Crippen molar-refractivity contribution in [3.8, 4) is 0 Å². The minimum Gasteiger partial charge on any atom is -0.323 e. The Kier molecular flexibility index (Phi) is 5.14. The molecular weight excluding hydrogens is 417 g/mol. The number of nitrogens with one attached hydrogen (secondary N) is 1. The van der Waals surface area contributed by atoms with Crippen molar-refractivity contribution in [2.75, 3.05) is 5.32 Å². The lowest BCUT2D eigenvalue weighted by Crippen LogP contribution is -2.23. The van der Waals surface area contributed by atoms with Crippen LogP contribution in [0.2, 0.25) is 10.0 Å². The summed E-state index contributed by atoms with van der Waals surface area (Å²) in [5.74, 6) is 0.403. The van der Waals surface area contributed by atoms with Crippen LogP contribution in [0, 0.1) is 6.92 Å². The van der Waals surface area contributed by atoms with Crippen LogP contribution in [0.5, 0.6) is 0 Å². The maximum Gasteiger partial charge on any atom is 0.237 e. The van der Waals surface area contributed by atoms with E-state index < -0.39 is 5.25 Å². The summed E-state index contributed by atoms with van der Waals surface area (Å²) in [5, 5.41) is 9.03. The molecule has 4 rings (SSSR count). The fraction of sp³-hybridized carbons (Fsp3) is 0.158. The second kappa shape index (κ2) is 7.58. The Morgan fingerprint density at radius 2 is 1.82 bits per heavy atom. The van der Waals surface area contributed by atoms with Crippen LogP contribution in [0.4, 0.5) is 5.69 Å². The quantitative estimate of drug-likeness (QED) is 0.363. The highest BCUT2D eigenvalue weighted by molar-refractivity contribution is 8.00. The van der Waals surface area contributed by atoms with Gasteiger partial charge >= 0.3 is 0 Å². The molecule has 0 bridgehead atoms. The Labute approximate surface area is 175 Å². The van der Waals surface area contributed by atoms with Gasteiger partial charge < -0.3 is 5.32 Å². The molecule has 0 aliphatic heterocycles. The Bertz CT molecular complexity index is 1190. The smallest absolute Gasteiger partial charge is 0.237 e. The van der Waals surface area contributed by atoms with Crippen molar-refractivity contribution in [2.24, 2.45) is 0 Å². The fourth-order valence-corrected chi connectivity index (χ4v) is 4.12. The number of hydrogen-bond acceptors (Lipinski definition) is 5. The number of aryl methyl sites for hydroxylation is 1. The first-order valence-electron chi connectivity index (χ1n) is 8.47. The molecule has 2 aromatic carbocycles. The van der Waals surface area contributed by atoms with E-state index in [1.54, 1.807) is 29.6 Å². The standard InChI is InChI=1S/C19H15Cl2N5OS/c1-10(18(27)24-16-13(20)7-5-8-14(16)21)28-19-23-15-9-4-3-6-12(15)17-22-11(2)25-26(17)19/h3-10H,1-2H3,(H,24,27). The number of fused-ring (bicyclic) bond motifs is 3. The summed E-state index contributed by atoms with van der Waals surface area (Å²) in [6.45, 7) is 3.61. The number of benzene rings is 2. The summed E-state index contributed by atoms with van der Waals surface area (Å²) in [7, 11) is 0. The maximum absolute atomic E-state index is 12.7. The molecule has 9 heteroatoms.